The first kappa shape index (κ1) is 15.2. The number of benzene rings is 1. The molecule has 2 N–H and O–H groups in total. The number of carbonyl (C=O) groups is 2. The minimum Gasteiger partial charge on any atom is -0.480 e. The van der Waals surface area contributed by atoms with Crippen molar-refractivity contribution in [2.75, 3.05) is 0 Å². The lowest BCUT2D eigenvalue weighted by atomic mass is 9.86. The Hall–Kier alpha value is -1.84. The van der Waals surface area contributed by atoms with Gasteiger partial charge in [-0.05, 0) is 42.5 Å². The molecule has 0 aliphatic heterocycles. The van der Waals surface area contributed by atoms with Crippen molar-refractivity contribution < 1.29 is 14.7 Å². The fourth-order valence-electron chi connectivity index (χ4n) is 1.75. The van der Waals surface area contributed by atoms with Gasteiger partial charge in [0.1, 0.15) is 6.04 Å². The molecule has 1 aromatic rings. The Kier molecular flexibility index (Phi) is 4.35. The number of carboxylic acid groups (broad SMARTS) is 1. The van der Waals surface area contributed by atoms with Crippen LogP contribution in [-0.2, 0) is 4.79 Å². The van der Waals surface area contributed by atoms with Crippen LogP contribution in [0.2, 0.25) is 0 Å². The third kappa shape index (κ3) is 3.81. The monoisotopic (exact) mass is 263 g/mol. The summed E-state index contributed by atoms with van der Waals surface area (Å²) in [5.74, 6) is -1.38. The third-order valence-electron chi connectivity index (χ3n) is 3.16. The molecule has 1 amide bonds. The Labute approximate surface area is 113 Å². The largest absolute Gasteiger partial charge is 0.480 e. The zero-order valence-corrected chi connectivity index (χ0v) is 12.1. The fraction of sp³-hybridized carbons (Fsp3) is 0.467. The molecule has 0 aliphatic rings. The average molecular weight is 263 g/mol. The molecule has 0 heterocycles. The maximum absolute atomic E-state index is 12.1. The van der Waals surface area contributed by atoms with Crippen LogP contribution in [0.25, 0.3) is 0 Å². The highest BCUT2D eigenvalue weighted by Crippen LogP contribution is 2.20. The number of amides is 1. The number of rotatable bonds is 3. The maximum atomic E-state index is 12.1. The van der Waals surface area contributed by atoms with E-state index in [2.05, 4.69) is 5.32 Å². The molecule has 0 spiro atoms. The van der Waals surface area contributed by atoms with Gasteiger partial charge in [0.15, 0.2) is 0 Å². The average Bonchev–Trinajstić information content (AvgIpc) is 2.27. The molecule has 0 aliphatic carbocycles. The SMILES string of the molecule is Cc1ccc(C(=O)N[C@@H](C(=O)O)C(C)(C)C)cc1C. The molecule has 19 heavy (non-hydrogen) atoms. The molecule has 0 unspecified atom stereocenters. The molecule has 0 bridgehead atoms. The second-order valence-electron chi connectivity index (χ2n) is 5.91. The molecule has 1 atom stereocenters. The first-order chi connectivity index (χ1) is 8.62. The molecule has 1 rings (SSSR count). The normalized spacial score (nSPS) is 12.9. The maximum Gasteiger partial charge on any atom is 0.326 e. The van der Waals surface area contributed by atoms with Gasteiger partial charge in [-0.15, -0.1) is 0 Å². The molecule has 0 radical (unpaired) electrons. The van der Waals surface area contributed by atoms with Crippen LogP contribution >= 0.6 is 0 Å². The summed E-state index contributed by atoms with van der Waals surface area (Å²) >= 11 is 0. The van der Waals surface area contributed by atoms with E-state index in [4.69, 9.17) is 0 Å². The zero-order chi connectivity index (χ0) is 14.8. The van der Waals surface area contributed by atoms with Gasteiger partial charge in [0.05, 0.1) is 0 Å². The molecule has 1 aromatic carbocycles. The summed E-state index contributed by atoms with van der Waals surface area (Å²) in [5, 5.41) is 11.8. The predicted molar refractivity (Wildman–Crippen MR) is 74.3 cm³/mol. The van der Waals surface area contributed by atoms with E-state index in [-0.39, 0.29) is 5.91 Å². The highest BCUT2D eigenvalue weighted by atomic mass is 16.4. The lowest BCUT2D eigenvalue weighted by Crippen LogP contribution is -2.49. The second-order valence-corrected chi connectivity index (χ2v) is 5.91. The molecular weight excluding hydrogens is 242 g/mol. The minimum atomic E-state index is -1.02. The summed E-state index contributed by atoms with van der Waals surface area (Å²) in [6.07, 6.45) is 0. The van der Waals surface area contributed by atoms with E-state index in [1.165, 1.54) is 0 Å². The van der Waals surface area contributed by atoms with Gasteiger partial charge in [0, 0.05) is 5.56 Å². The lowest BCUT2D eigenvalue weighted by molar-refractivity contribution is -0.142. The van der Waals surface area contributed by atoms with Gasteiger partial charge in [-0.1, -0.05) is 26.8 Å². The van der Waals surface area contributed by atoms with Crippen molar-refractivity contribution in [3.05, 3.63) is 34.9 Å². The van der Waals surface area contributed by atoms with Gasteiger partial charge in [-0.3, -0.25) is 4.79 Å². The van der Waals surface area contributed by atoms with Crippen LogP contribution in [0, 0.1) is 19.3 Å². The number of nitrogens with one attached hydrogen (secondary N) is 1. The topological polar surface area (TPSA) is 66.4 Å². The Bertz CT molecular complexity index is 501. The van der Waals surface area contributed by atoms with Crippen molar-refractivity contribution in [1.82, 2.24) is 5.32 Å². The predicted octanol–water partition coefficient (Wildman–Crippen LogP) is 2.53. The van der Waals surface area contributed by atoms with Gasteiger partial charge in [0.25, 0.3) is 5.91 Å². The van der Waals surface area contributed by atoms with Gasteiger partial charge < -0.3 is 10.4 Å². The number of carbonyl (C=O) groups excluding carboxylic acids is 1. The Balaban J connectivity index is 2.94. The first-order valence-electron chi connectivity index (χ1n) is 6.24. The van der Waals surface area contributed by atoms with Gasteiger partial charge in [0.2, 0.25) is 0 Å². The summed E-state index contributed by atoms with van der Waals surface area (Å²) in [6, 6.07) is 4.42. The second kappa shape index (κ2) is 5.43. The van der Waals surface area contributed by atoms with E-state index in [1.54, 1.807) is 32.9 Å². The van der Waals surface area contributed by atoms with Gasteiger partial charge in [-0.25, -0.2) is 4.79 Å². The zero-order valence-electron chi connectivity index (χ0n) is 12.1. The number of carboxylic acids is 1. The van der Waals surface area contributed by atoms with E-state index in [0.29, 0.717) is 5.56 Å². The van der Waals surface area contributed by atoms with Gasteiger partial charge >= 0.3 is 5.97 Å². The van der Waals surface area contributed by atoms with Crippen LogP contribution in [0.4, 0.5) is 0 Å². The summed E-state index contributed by atoms with van der Waals surface area (Å²) in [4.78, 5) is 23.3. The van der Waals surface area contributed by atoms with Crippen molar-refractivity contribution in [3.8, 4) is 0 Å². The van der Waals surface area contributed by atoms with Gasteiger partial charge in [-0.2, -0.15) is 0 Å². The quantitative estimate of drug-likeness (QED) is 0.880. The minimum absolute atomic E-state index is 0.356. The van der Waals surface area contributed by atoms with Crippen molar-refractivity contribution in [2.24, 2.45) is 5.41 Å². The van der Waals surface area contributed by atoms with E-state index in [9.17, 15) is 14.7 Å². The van der Waals surface area contributed by atoms with Crippen molar-refractivity contribution in [2.45, 2.75) is 40.7 Å². The molecular formula is C15H21NO3. The lowest BCUT2D eigenvalue weighted by Gasteiger charge is -2.27. The standard InChI is InChI=1S/C15H21NO3/c1-9-6-7-11(8-10(9)2)13(17)16-12(14(18)19)15(3,4)5/h6-8,12H,1-5H3,(H,16,17)(H,18,19)/t12-/m0/s1. The van der Waals surface area contributed by atoms with E-state index >= 15 is 0 Å². The molecule has 104 valence electrons. The summed E-state index contributed by atoms with van der Waals surface area (Å²) < 4.78 is 0. The molecule has 4 heteroatoms. The van der Waals surface area contributed by atoms with Crippen LogP contribution in [0.1, 0.15) is 42.3 Å². The smallest absolute Gasteiger partial charge is 0.326 e. The Morgan fingerprint density at radius 2 is 1.74 bits per heavy atom. The van der Waals surface area contributed by atoms with Crippen LogP contribution in [0.3, 0.4) is 0 Å². The highest BCUT2D eigenvalue weighted by Gasteiger charge is 2.32. The number of aliphatic carboxylic acids is 1. The third-order valence-corrected chi connectivity index (χ3v) is 3.16. The van der Waals surface area contributed by atoms with Crippen LogP contribution < -0.4 is 5.32 Å². The molecule has 4 nitrogen and oxygen atoms in total. The van der Waals surface area contributed by atoms with E-state index in [0.717, 1.165) is 11.1 Å². The first-order valence-corrected chi connectivity index (χ1v) is 6.24. The Morgan fingerprint density at radius 1 is 1.16 bits per heavy atom. The van der Waals surface area contributed by atoms with E-state index < -0.39 is 17.4 Å². The fourth-order valence-corrected chi connectivity index (χ4v) is 1.75. The van der Waals surface area contributed by atoms with Crippen molar-refractivity contribution in [3.63, 3.8) is 0 Å². The number of hydrogen-bond donors (Lipinski definition) is 2. The molecule has 0 saturated carbocycles. The summed E-state index contributed by atoms with van der Waals surface area (Å²) in [6.45, 7) is 9.24. The summed E-state index contributed by atoms with van der Waals surface area (Å²) in [5.41, 5.74) is 2.05. The molecule has 0 fully saturated rings. The number of hydrogen-bond acceptors (Lipinski definition) is 2. The highest BCUT2D eigenvalue weighted by molar-refractivity contribution is 5.97. The number of aryl methyl sites for hydroxylation is 2. The van der Waals surface area contributed by atoms with Crippen molar-refractivity contribution >= 4 is 11.9 Å². The van der Waals surface area contributed by atoms with Crippen LogP contribution in [0.15, 0.2) is 18.2 Å². The Morgan fingerprint density at radius 3 is 2.16 bits per heavy atom. The van der Waals surface area contributed by atoms with Crippen LogP contribution in [-0.4, -0.2) is 23.0 Å². The van der Waals surface area contributed by atoms with Crippen LogP contribution in [0.5, 0.6) is 0 Å². The summed E-state index contributed by atoms with van der Waals surface area (Å²) in [7, 11) is 0. The van der Waals surface area contributed by atoms with E-state index in [1.807, 2.05) is 19.9 Å². The molecule has 0 saturated heterocycles. The van der Waals surface area contributed by atoms with Crippen molar-refractivity contribution in [1.29, 1.82) is 0 Å². The molecule has 0 aromatic heterocycles.